The van der Waals surface area contributed by atoms with E-state index < -0.39 is 16.1 Å². The lowest BCUT2D eigenvalue weighted by Gasteiger charge is -2.35. The summed E-state index contributed by atoms with van der Waals surface area (Å²) in [5, 5.41) is 9.81. The average Bonchev–Trinajstić information content (AvgIpc) is 2.54. The second-order valence-electron chi connectivity index (χ2n) is 5.74. The van der Waals surface area contributed by atoms with Crippen LogP contribution in [0.25, 0.3) is 0 Å². The molecule has 0 spiro atoms. The molecule has 2 aliphatic carbocycles. The van der Waals surface area contributed by atoms with E-state index in [-0.39, 0.29) is 17.3 Å². The second-order valence-corrected chi connectivity index (χ2v) is 7.85. The van der Waals surface area contributed by atoms with Crippen molar-refractivity contribution in [3.8, 4) is 0 Å². The number of nitrogens with zero attached hydrogens (tertiary/aromatic N) is 1. The van der Waals surface area contributed by atoms with Crippen molar-refractivity contribution in [1.82, 2.24) is 4.31 Å². The number of sulfonamides is 1. The zero-order chi connectivity index (χ0) is 12.0. The summed E-state index contributed by atoms with van der Waals surface area (Å²) in [5.74, 6) is 0. The highest BCUT2D eigenvalue weighted by atomic mass is 32.2. The first kappa shape index (κ1) is 11.9. The van der Waals surface area contributed by atoms with E-state index in [1.165, 1.54) is 6.42 Å². The Balaban J connectivity index is 1.90. The third-order valence-electron chi connectivity index (χ3n) is 4.71. The van der Waals surface area contributed by atoms with Gasteiger partial charge in [0.2, 0.25) is 10.0 Å². The van der Waals surface area contributed by atoms with E-state index in [1.807, 2.05) is 0 Å². The van der Waals surface area contributed by atoms with Crippen LogP contribution in [-0.2, 0) is 10.0 Å². The predicted molar refractivity (Wildman–Crippen MR) is 65.1 cm³/mol. The Labute approximate surface area is 103 Å². The van der Waals surface area contributed by atoms with Gasteiger partial charge in [-0.15, -0.1) is 0 Å². The number of hydrogen-bond acceptors (Lipinski definition) is 3. The Kier molecular flexibility index (Phi) is 2.96. The number of hydrogen-bond donors (Lipinski definition) is 1. The zero-order valence-electron chi connectivity index (χ0n) is 10.1. The van der Waals surface area contributed by atoms with Crippen molar-refractivity contribution in [1.29, 1.82) is 0 Å². The fourth-order valence-corrected chi connectivity index (χ4v) is 6.26. The predicted octanol–water partition coefficient (Wildman–Crippen LogP) is 1.25. The highest BCUT2D eigenvalue weighted by molar-refractivity contribution is 7.90. The van der Waals surface area contributed by atoms with Crippen molar-refractivity contribution in [2.24, 2.45) is 0 Å². The van der Waals surface area contributed by atoms with Crippen molar-refractivity contribution in [2.45, 2.75) is 74.8 Å². The second kappa shape index (κ2) is 4.21. The van der Waals surface area contributed by atoms with Crippen LogP contribution in [0, 0.1) is 0 Å². The molecule has 1 N–H and O–H groups in total. The molecule has 5 heteroatoms. The first-order valence-electron chi connectivity index (χ1n) is 6.81. The highest BCUT2D eigenvalue weighted by Gasteiger charge is 2.53. The van der Waals surface area contributed by atoms with Crippen molar-refractivity contribution < 1.29 is 13.5 Å². The molecule has 3 fully saturated rings. The summed E-state index contributed by atoms with van der Waals surface area (Å²) >= 11 is 0. The van der Waals surface area contributed by atoms with Crippen molar-refractivity contribution in [3.05, 3.63) is 0 Å². The molecule has 3 aliphatic rings. The summed E-state index contributed by atoms with van der Waals surface area (Å²) in [6.07, 6.45) is 6.95. The molecule has 1 aliphatic heterocycles. The number of aliphatic hydroxyl groups excluding tert-OH is 1. The van der Waals surface area contributed by atoms with Gasteiger partial charge in [-0.2, -0.15) is 4.31 Å². The third kappa shape index (κ3) is 1.83. The first-order valence-corrected chi connectivity index (χ1v) is 8.31. The van der Waals surface area contributed by atoms with E-state index in [9.17, 15) is 13.5 Å². The maximum atomic E-state index is 12.4. The Bertz CT molecular complexity index is 389. The lowest BCUT2D eigenvalue weighted by atomic mass is 9.89. The van der Waals surface area contributed by atoms with Crippen LogP contribution < -0.4 is 0 Å². The molecule has 2 saturated carbocycles. The summed E-state index contributed by atoms with van der Waals surface area (Å²) in [6, 6.07) is 0.0401. The quantitative estimate of drug-likeness (QED) is 0.771. The summed E-state index contributed by atoms with van der Waals surface area (Å²) in [5.41, 5.74) is 0. The molecule has 4 nitrogen and oxygen atoms in total. The van der Waals surface area contributed by atoms with Crippen LogP contribution in [-0.4, -0.2) is 41.3 Å². The maximum Gasteiger partial charge on any atom is 0.217 e. The minimum Gasteiger partial charge on any atom is -0.391 e. The molecule has 2 bridgehead atoms. The molecule has 0 aromatic rings. The van der Waals surface area contributed by atoms with Gasteiger partial charge in [-0.05, 0) is 32.1 Å². The molecule has 3 rings (SSSR count). The largest absolute Gasteiger partial charge is 0.391 e. The molecule has 17 heavy (non-hydrogen) atoms. The number of aliphatic hydroxyl groups is 1. The van der Waals surface area contributed by atoms with Gasteiger partial charge in [0.1, 0.15) is 0 Å². The molecule has 0 radical (unpaired) electrons. The van der Waals surface area contributed by atoms with Crippen LogP contribution in [0.4, 0.5) is 0 Å². The fraction of sp³-hybridized carbons (Fsp3) is 1.00. The molecule has 1 saturated heterocycles. The van der Waals surface area contributed by atoms with Crippen molar-refractivity contribution in [2.75, 3.05) is 0 Å². The molecule has 1 heterocycles. The van der Waals surface area contributed by atoms with Gasteiger partial charge in [0, 0.05) is 6.04 Å². The highest BCUT2D eigenvalue weighted by Crippen LogP contribution is 2.42. The normalized spacial score (nSPS) is 42.8. The maximum absolute atomic E-state index is 12.4. The average molecular weight is 259 g/mol. The smallest absolute Gasteiger partial charge is 0.217 e. The van der Waals surface area contributed by atoms with Crippen LogP contribution in [0.3, 0.4) is 0 Å². The van der Waals surface area contributed by atoms with Crippen LogP contribution in [0.5, 0.6) is 0 Å². The molecule has 0 aromatic heterocycles. The van der Waals surface area contributed by atoms with E-state index in [0.29, 0.717) is 19.3 Å². The SMILES string of the molecule is O=S1(=O)C2CCC(O)C(C2)N1C1CCCCC1. The standard InChI is InChI=1S/C12H21NO3S/c14-12-7-6-10-8-11(12)13(17(10,15)16)9-4-2-1-3-5-9/h9-12,14H,1-8H2. The minimum atomic E-state index is -3.12. The monoisotopic (exact) mass is 259 g/mol. The fourth-order valence-electron chi connectivity index (χ4n) is 3.81. The molecular weight excluding hydrogens is 238 g/mol. The van der Waals surface area contributed by atoms with Gasteiger partial charge in [0.15, 0.2) is 0 Å². The van der Waals surface area contributed by atoms with Crippen LogP contribution >= 0.6 is 0 Å². The van der Waals surface area contributed by atoms with Crippen LogP contribution in [0.15, 0.2) is 0 Å². The first-order chi connectivity index (χ1) is 8.10. The summed E-state index contributed by atoms with van der Waals surface area (Å²) < 4.78 is 26.6. The Morgan fingerprint density at radius 3 is 2.41 bits per heavy atom. The van der Waals surface area contributed by atoms with E-state index in [0.717, 1.165) is 25.7 Å². The zero-order valence-corrected chi connectivity index (χ0v) is 10.9. The van der Waals surface area contributed by atoms with Crippen molar-refractivity contribution >= 4 is 10.0 Å². The molecule has 98 valence electrons. The van der Waals surface area contributed by atoms with E-state index in [4.69, 9.17) is 0 Å². The molecule has 0 amide bonds. The Hall–Kier alpha value is -0.130. The van der Waals surface area contributed by atoms with Gasteiger partial charge in [0.25, 0.3) is 0 Å². The Morgan fingerprint density at radius 1 is 1.00 bits per heavy atom. The summed E-state index contributed by atoms with van der Waals surface area (Å²) in [4.78, 5) is 0. The van der Waals surface area contributed by atoms with Gasteiger partial charge in [-0.3, -0.25) is 0 Å². The summed E-state index contributed by atoms with van der Waals surface area (Å²) in [6.45, 7) is 0. The van der Waals surface area contributed by atoms with Crippen LogP contribution in [0.2, 0.25) is 0 Å². The topological polar surface area (TPSA) is 57.6 Å². The lowest BCUT2D eigenvalue weighted by Crippen LogP contribution is -2.47. The Morgan fingerprint density at radius 2 is 1.71 bits per heavy atom. The van der Waals surface area contributed by atoms with Gasteiger partial charge >= 0.3 is 0 Å². The van der Waals surface area contributed by atoms with E-state index in [1.54, 1.807) is 4.31 Å². The molecular formula is C12H21NO3S. The summed E-state index contributed by atoms with van der Waals surface area (Å²) in [7, 11) is -3.12. The minimum absolute atomic E-state index is 0.123. The van der Waals surface area contributed by atoms with Gasteiger partial charge < -0.3 is 5.11 Å². The van der Waals surface area contributed by atoms with E-state index >= 15 is 0 Å². The lowest BCUT2D eigenvalue weighted by molar-refractivity contribution is 0.0535. The van der Waals surface area contributed by atoms with Gasteiger partial charge in [-0.25, -0.2) is 8.42 Å². The molecule has 3 atom stereocenters. The van der Waals surface area contributed by atoms with Crippen LogP contribution in [0.1, 0.15) is 51.4 Å². The molecule has 3 unspecified atom stereocenters. The third-order valence-corrected chi connectivity index (χ3v) is 7.14. The van der Waals surface area contributed by atoms with Gasteiger partial charge in [0.05, 0.1) is 17.4 Å². The van der Waals surface area contributed by atoms with Crippen molar-refractivity contribution in [3.63, 3.8) is 0 Å². The van der Waals surface area contributed by atoms with E-state index in [2.05, 4.69) is 0 Å². The number of rotatable bonds is 1. The van der Waals surface area contributed by atoms with Gasteiger partial charge in [-0.1, -0.05) is 19.3 Å². The molecule has 0 aromatic carbocycles. The number of fused-ring (bicyclic) bond motifs is 2.